The second-order valence-electron chi connectivity index (χ2n) is 8.84. The molecule has 1 aliphatic heterocycles. The number of pyridine rings is 1. The zero-order valence-electron chi connectivity index (χ0n) is 17.2. The van der Waals surface area contributed by atoms with E-state index in [1.54, 1.807) is 9.47 Å². The molecule has 9 heteroatoms. The van der Waals surface area contributed by atoms with Gasteiger partial charge in [0.2, 0.25) is 5.43 Å². The number of carboxylic acids is 1. The van der Waals surface area contributed by atoms with Crippen molar-refractivity contribution in [1.29, 1.82) is 0 Å². The van der Waals surface area contributed by atoms with E-state index < -0.39 is 29.0 Å². The fraction of sp³-hybridized carbons (Fsp3) is 0.545. The summed E-state index contributed by atoms with van der Waals surface area (Å²) in [4.78, 5) is 26.1. The smallest absolute Gasteiger partial charge is 0.341 e. The molecule has 2 saturated carbocycles. The van der Waals surface area contributed by atoms with E-state index in [4.69, 9.17) is 10.5 Å². The molecule has 166 valence electrons. The van der Waals surface area contributed by atoms with E-state index >= 15 is 4.39 Å². The van der Waals surface area contributed by atoms with Gasteiger partial charge in [0.05, 0.1) is 24.6 Å². The number of halogens is 2. The third kappa shape index (κ3) is 3.09. The number of alkyl halides is 1. The van der Waals surface area contributed by atoms with E-state index in [1.165, 1.54) is 13.3 Å². The van der Waals surface area contributed by atoms with E-state index in [1.807, 2.05) is 0 Å². The maximum Gasteiger partial charge on any atom is 0.341 e. The highest BCUT2D eigenvalue weighted by Crippen LogP contribution is 2.50. The molecule has 1 saturated heterocycles. The number of aromatic carboxylic acids is 1. The van der Waals surface area contributed by atoms with Gasteiger partial charge in [-0.25, -0.2) is 13.6 Å². The van der Waals surface area contributed by atoms with Crippen molar-refractivity contribution in [2.24, 2.45) is 17.6 Å². The lowest BCUT2D eigenvalue weighted by Gasteiger charge is -2.31. The quantitative estimate of drug-likeness (QED) is 0.727. The number of benzene rings is 1. The van der Waals surface area contributed by atoms with Crippen molar-refractivity contribution in [3.63, 3.8) is 0 Å². The summed E-state index contributed by atoms with van der Waals surface area (Å²) in [7, 11) is 1.38. The minimum Gasteiger partial charge on any atom is -0.492 e. The highest BCUT2D eigenvalue weighted by Gasteiger charge is 2.50. The number of nitrogens with two attached hydrogens (primary N) is 1. The summed E-state index contributed by atoms with van der Waals surface area (Å²) in [5, 5.41) is 9.40. The topological polar surface area (TPSA) is 97.8 Å². The SMILES string of the molecule is COc1c(N2C[C@@H](F)[C@@H](C3CC3)C2CN)c(F)cc2c(=O)c(C(=O)O)cn(C3CC3)c12. The number of hydrogen-bond acceptors (Lipinski definition) is 5. The number of methoxy groups -OCH3 is 1. The molecule has 3 N–H and O–H groups in total. The van der Waals surface area contributed by atoms with Crippen LogP contribution in [-0.4, -0.2) is 48.1 Å². The Morgan fingerprint density at radius 3 is 2.58 bits per heavy atom. The predicted molar refractivity (Wildman–Crippen MR) is 111 cm³/mol. The first kappa shape index (κ1) is 20.2. The van der Waals surface area contributed by atoms with Gasteiger partial charge in [-0.3, -0.25) is 4.79 Å². The van der Waals surface area contributed by atoms with Gasteiger partial charge in [-0.1, -0.05) is 0 Å². The number of ether oxygens (including phenoxy) is 1. The van der Waals surface area contributed by atoms with E-state index in [-0.39, 0.29) is 53.8 Å². The van der Waals surface area contributed by atoms with E-state index in [2.05, 4.69) is 0 Å². The van der Waals surface area contributed by atoms with Crippen LogP contribution >= 0.6 is 0 Å². The van der Waals surface area contributed by atoms with Crippen LogP contribution in [0.2, 0.25) is 0 Å². The Kier molecular flexibility index (Phi) is 4.69. The van der Waals surface area contributed by atoms with Crippen molar-refractivity contribution in [1.82, 2.24) is 4.57 Å². The van der Waals surface area contributed by atoms with Gasteiger partial charge in [-0.15, -0.1) is 0 Å². The van der Waals surface area contributed by atoms with Gasteiger partial charge in [-0.2, -0.15) is 0 Å². The Labute approximate surface area is 177 Å². The van der Waals surface area contributed by atoms with Crippen LogP contribution in [0.5, 0.6) is 5.75 Å². The molecule has 2 aromatic rings. The molecule has 0 spiro atoms. The highest BCUT2D eigenvalue weighted by molar-refractivity contribution is 5.97. The number of fused-ring (bicyclic) bond motifs is 1. The Morgan fingerprint density at radius 2 is 2.03 bits per heavy atom. The van der Waals surface area contributed by atoms with E-state index in [0.717, 1.165) is 31.7 Å². The number of hydrogen-bond donors (Lipinski definition) is 2. The lowest BCUT2D eigenvalue weighted by atomic mass is 9.93. The predicted octanol–water partition coefficient (Wildman–Crippen LogP) is 2.69. The second kappa shape index (κ2) is 7.19. The molecule has 3 fully saturated rings. The number of rotatable bonds is 6. The van der Waals surface area contributed by atoms with Crippen molar-refractivity contribution in [2.45, 2.75) is 43.9 Å². The van der Waals surface area contributed by atoms with Crippen molar-refractivity contribution in [3.05, 3.63) is 33.9 Å². The average Bonchev–Trinajstić information content (AvgIpc) is 3.65. The van der Waals surface area contributed by atoms with Crippen LogP contribution in [0.4, 0.5) is 14.5 Å². The second-order valence-corrected chi connectivity index (χ2v) is 8.84. The molecule has 2 heterocycles. The van der Waals surface area contributed by atoms with Gasteiger partial charge in [0.15, 0.2) is 11.6 Å². The maximum absolute atomic E-state index is 15.5. The van der Waals surface area contributed by atoms with Crippen LogP contribution < -0.4 is 20.8 Å². The highest BCUT2D eigenvalue weighted by atomic mass is 19.1. The van der Waals surface area contributed by atoms with Crippen LogP contribution in [0.25, 0.3) is 10.9 Å². The first-order chi connectivity index (χ1) is 14.9. The molecular formula is C22H25F2N3O4. The van der Waals surface area contributed by atoms with Gasteiger partial charge in [0, 0.05) is 30.7 Å². The molecule has 2 aliphatic carbocycles. The largest absolute Gasteiger partial charge is 0.492 e. The Bertz CT molecular complexity index is 1130. The van der Waals surface area contributed by atoms with Crippen molar-refractivity contribution in [2.75, 3.05) is 25.1 Å². The first-order valence-electron chi connectivity index (χ1n) is 10.7. The summed E-state index contributed by atoms with van der Waals surface area (Å²) in [6.45, 7) is 0.179. The van der Waals surface area contributed by atoms with Gasteiger partial charge in [0.1, 0.15) is 17.4 Å². The molecule has 1 aromatic carbocycles. The molecule has 1 aromatic heterocycles. The number of aromatic nitrogens is 1. The Hall–Kier alpha value is -2.68. The summed E-state index contributed by atoms with van der Waals surface area (Å²) in [6.07, 6.45) is 3.72. The molecule has 5 rings (SSSR count). The van der Waals surface area contributed by atoms with Gasteiger partial charge in [0.25, 0.3) is 0 Å². The molecule has 1 unspecified atom stereocenters. The van der Waals surface area contributed by atoms with Crippen LogP contribution in [0.1, 0.15) is 42.1 Å². The summed E-state index contributed by atoms with van der Waals surface area (Å²) >= 11 is 0. The van der Waals surface area contributed by atoms with Crippen molar-refractivity contribution >= 4 is 22.6 Å². The minimum atomic E-state index is -1.36. The van der Waals surface area contributed by atoms with Crippen LogP contribution in [0, 0.1) is 17.7 Å². The molecule has 3 aliphatic rings. The van der Waals surface area contributed by atoms with E-state index in [9.17, 15) is 19.1 Å². The van der Waals surface area contributed by atoms with E-state index in [0.29, 0.717) is 5.52 Å². The monoisotopic (exact) mass is 433 g/mol. The molecule has 7 nitrogen and oxygen atoms in total. The standard InChI is InChI=1S/C22H25F2N3O4/c1-31-21-18-12(20(28)13(22(29)30)8-26(18)11-4-5-11)6-14(23)19(21)27-9-15(24)17(10-2-3-10)16(27)7-25/h6,8,10-11,15-17H,2-5,7,9,25H2,1H3,(H,29,30)/t15-,16?,17-/m1/s1. The fourth-order valence-corrected chi connectivity index (χ4v) is 5.22. The van der Waals surface area contributed by atoms with Crippen molar-refractivity contribution in [3.8, 4) is 5.75 Å². The zero-order chi connectivity index (χ0) is 22.0. The fourth-order valence-electron chi connectivity index (χ4n) is 5.22. The molecule has 0 radical (unpaired) electrons. The maximum atomic E-state index is 15.5. The molecule has 3 atom stereocenters. The molecular weight excluding hydrogens is 408 g/mol. The molecule has 0 bridgehead atoms. The van der Waals surface area contributed by atoms with Crippen molar-refractivity contribution < 1.29 is 23.4 Å². The summed E-state index contributed by atoms with van der Waals surface area (Å²) < 4.78 is 37.8. The Morgan fingerprint density at radius 1 is 1.32 bits per heavy atom. The molecule has 31 heavy (non-hydrogen) atoms. The van der Waals surface area contributed by atoms with Crippen LogP contribution in [-0.2, 0) is 0 Å². The minimum absolute atomic E-state index is 0.00267. The number of carboxylic acid groups (broad SMARTS) is 1. The van der Waals surface area contributed by atoms with Gasteiger partial charge < -0.3 is 25.0 Å². The zero-order valence-corrected chi connectivity index (χ0v) is 17.2. The van der Waals surface area contributed by atoms with Crippen LogP contribution in [0.3, 0.4) is 0 Å². The summed E-state index contributed by atoms with van der Waals surface area (Å²) in [5.41, 5.74) is 5.27. The Balaban J connectivity index is 1.76. The van der Waals surface area contributed by atoms with Gasteiger partial charge >= 0.3 is 5.97 Å². The lowest BCUT2D eigenvalue weighted by Crippen LogP contribution is -2.40. The third-order valence-corrected chi connectivity index (χ3v) is 6.90. The first-order valence-corrected chi connectivity index (χ1v) is 10.7. The third-order valence-electron chi connectivity index (χ3n) is 6.90. The lowest BCUT2D eigenvalue weighted by molar-refractivity contribution is 0.0694. The van der Waals surface area contributed by atoms with Gasteiger partial charge in [-0.05, 0) is 37.7 Å². The number of anilines is 1. The number of carbonyl (C=O) groups is 1. The average molecular weight is 433 g/mol. The van der Waals surface area contributed by atoms with Crippen LogP contribution in [0.15, 0.2) is 17.1 Å². The number of nitrogens with zero attached hydrogens (tertiary/aromatic N) is 2. The molecule has 0 amide bonds. The summed E-state index contributed by atoms with van der Waals surface area (Å²) in [6, 6.07) is 0.694. The summed E-state index contributed by atoms with van der Waals surface area (Å²) in [5.74, 6) is -1.98. The normalized spacial score (nSPS) is 25.9.